The lowest BCUT2D eigenvalue weighted by Gasteiger charge is -2.28. The lowest BCUT2D eigenvalue weighted by Crippen LogP contribution is -2.42. The zero-order valence-electron chi connectivity index (χ0n) is 10.1. The molecule has 1 aliphatic heterocycles. The molecule has 95 valence electrons. The molecule has 2 rings (SSSR count). The van der Waals surface area contributed by atoms with E-state index in [1.165, 1.54) is 5.46 Å². The largest absolute Gasteiger partial charge is 0.412 e. The highest BCUT2D eigenvalue weighted by atomic mass is 16.5. The second-order valence-electron chi connectivity index (χ2n) is 4.05. The Kier molecular flexibility index (Phi) is 7.83. The number of rotatable bonds is 3. The number of hydrogen-bond donors (Lipinski definition) is 1. The van der Waals surface area contributed by atoms with Crippen LogP contribution in [0.4, 0.5) is 0 Å². The van der Waals surface area contributed by atoms with Crippen LogP contribution in [-0.4, -0.2) is 44.0 Å². The van der Waals surface area contributed by atoms with E-state index in [2.05, 4.69) is 43.8 Å². The number of nitrogens with one attached hydrogen (secondary N) is 1. The van der Waals surface area contributed by atoms with Gasteiger partial charge in [0.2, 0.25) is 0 Å². The molecule has 1 fully saturated rings. The Bertz CT molecular complexity index is 291. The monoisotopic (exact) mass is 238 g/mol. The van der Waals surface area contributed by atoms with Gasteiger partial charge in [0.05, 0.1) is 12.7 Å². The molecule has 17 heavy (non-hydrogen) atoms. The van der Waals surface area contributed by atoms with Gasteiger partial charge in [0.25, 0.3) is 0 Å². The molecule has 0 aliphatic carbocycles. The number of benzene rings is 1. The van der Waals surface area contributed by atoms with Gasteiger partial charge in [0.15, 0.2) is 7.28 Å². The molecule has 0 saturated carbocycles. The number of morpholine rings is 1. The Morgan fingerprint density at radius 1 is 1.29 bits per heavy atom. The molecule has 0 aromatic heterocycles. The van der Waals surface area contributed by atoms with E-state index < -0.39 is 0 Å². The van der Waals surface area contributed by atoms with Crippen molar-refractivity contribution in [3.8, 4) is 0 Å². The molecule has 1 aromatic rings. The minimum Gasteiger partial charge on any atom is -0.412 e. The van der Waals surface area contributed by atoms with Gasteiger partial charge in [-0.2, -0.15) is 0 Å². The summed E-state index contributed by atoms with van der Waals surface area (Å²) in [4.78, 5) is 0. The maximum absolute atomic E-state index is 5.72. The van der Waals surface area contributed by atoms with Crippen LogP contribution in [0.25, 0.3) is 0 Å². The molecule has 1 heterocycles. The maximum atomic E-state index is 5.72. The molecule has 0 amide bonds. The Balaban J connectivity index is 0.00000128. The first-order chi connectivity index (χ1) is 7.36. The highest BCUT2D eigenvalue weighted by Gasteiger charge is 2.21. The van der Waals surface area contributed by atoms with Crippen molar-refractivity contribution in [3.63, 3.8) is 0 Å². The van der Waals surface area contributed by atoms with Crippen LogP contribution in [0, 0.1) is 0 Å². The molecule has 1 aromatic carbocycles. The van der Waals surface area contributed by atoms with Crippen LogP contribution in [0.15, 0.2) is 30.3 Å². The van der Waals surface area contributed by atoms with Crippen LogP contribution < -0.4 is 10.8 Å². The highest BCUT2D eigenvalue weighted by Crippen LogP contribution is 2.13. The average Bonchev–Trinajstić information content (AvgIpc) is 2.31. The third-order valence-electron chi connectivity index (χ3n) is 2.80. The SMILES string of the molecule is CC([B]c1ccccc1)C1CNCCO1.O.O. The second kappa shape index (κ2) is 8.25. The van der Waals surface area contributed by atoms with Gasteiger partial charge < -0.3 is 21.0 Å². The second-order valence-corrected chi connectivity index (χ2v) is 4.05. The minimum absolute atomic E-state index is 0. The van der Waals surface area contributed by atoms with E-state index in [9.17, 15) is 0 Å². The van der Waals surface area contributed by atoms with Gasteiger partial charge in [-0.25, -0.2) is 0 Å². The number of ether oxygens (including phenoxy) is 1. The van der Waals surface area contributed by atoms with E-state index in [0.29, 0.717) is 11.9 Å². The van der Waals surface area contributed by atoms with E-state index in [1.807, 2.05) is 6.07 Å². The molecule has 2 unspecified atom stereocenters. The van der Waals surface area contributed by atoms with Crippen LogP contribution in [0.3, 0.4) is 0 Å². The van der Waals surface area contributed by atoms with Gasteiger partial charge in [-0.05, 0) is 5.82 Å². The Morgan fingerprint density at radius 2 is 2.00 bits per heavy atom. The fraction of sp³-hybridized carbons (Fsp3) is 0.500. The van der Waals surface area contributed by atoms with Crippen LogP contribution in [0.1, 0.15) is 6.92 Å². The van der Waals surface area contributed by atoms with Crippen LogP contribution in [-0.2, 0) is 4.74 Å². The van der Waals surface area contributed by atoms with Crippen LogP contribution in [0.2, 0.25) is 5.82 Å². The van der Waals surface area contributed by atoms with Gasteiger partial charge in [0, 0.05) is 13.1 Å². The first-order valence-electron chi connectivity index (χ1n) is 5.58. The van der Waals surface area contributed by atoms with Gasteiger partial charge in [-0.1, -0.05) is 42.7 Å². The smallest absolute Gasteiger partial charge is 0.157 e. The first-order valence-corrected chi connectivity index (χ1v) is 5.58. The molecule has 0 spiro atoms. The van der Waals surface area contributed by atoms with E-state index >= 15 is 0 Å². The van der Waals surface area contributed by atoms with Crippen molar-refractivity contribution < 1.29 is 15.7 Å². The van der Waals surface area contributed by atoms with Gasteiger partial charge in [0.1, 0.15) is 0 Å². The van der Waals surface area contributed by atoms with Crippen LogP contribution in [0.5, 0.6) is 0 Å². The molecule has 0 bridgehead atoms. The zero-order chi connectivity index (χ0) is 10.5. The van der Waals surface area contributed by atoms with Crippen molar-refractivity contribution >= 4 is 12.7 Å². The first kappa shape index (κ1) is 16.1. The van der Waals surface area contributed by atoms with Crippen LogP contribution >= 0.6 is 0 Å². The summed E-state index contributed by atoms with van der Waals surface area (Å²) in [7, 11) is 2.28. The lowest BCUT2D eigenvalue weighted by molar-refractivity contribution is 0.0269. The zero-order valence-corrected chi connectivity index (χ0v) is 10.1. The van der Waals surface area contributed by atoms with Crippen molar-refractivity contribution in [1.29, 1.82) is 0 Å². The number of hydrogen-bond acceptors (Lipinski definition) is 2. The normalized spacial score (nSPS) is 20.6. The summed E-state index contributed by atoms with van der Waals surface area (Å²) in [5.41, 5.74) is 1.28. The predicted molar refractivity (Wildman–Crippen MR) is 71.1 cm³/mol. The molecular formula is C12H21BNO3. The van der Waals surface area contributed by atoms with Gasteiger partial charge in [-0.15, -0.1) is 0 Å². The third kappa shape index (κ3) is 4.87. The highest BCUT2D eigenvalue weighted by molar-refractivity contribution is 6.55. The molecule has 2 atom stereocenters. The molecule has 5 heteroatoms. The molecular weight excluding hydrogens is 217 g/mol. The van der Waals surface area contributed by atoms with Gasteiger partial charge in [-0.3, -0.25) is 0 Å². The summed E-state index contributed by atoms with van der Waals surface area (Å²) >= 11 is 0. The minimum atomic E-state index is 0. The van der Waals surface area contributed by atoms with Crippen molar-refractivity contribution in [2.45, 2.75) is 18.8 Å². The quantitative estimate of drug-likeness (QED) is 0.696. The molecule has 1 saturated heterocycles. The summed E-state index contributed by atoms with van der Waals surface area (Å²) in [6, 6.07) is 10.4. The topological polar surface area (TPSA) is 84.3 Å². The lowest BCUT2D eigenvalue weighted by atomic mass is 9.58. The summed E-state index contributed by atoms with van der Waals surface area (Å²) in [5.74, 6) is 0.459. The van der Waals surface area contributed by atoms with Crippen molar-refractivity contribution in [2.24, 2.45) is 0 Å². The molecule has 4 nitrogen and oxygen atoms in total. The van der Waals surface area contributed by atoms with E-state index in [0.717, 1.165) is 19.7 Å². The summed E-state index contributed by atoms with van der Waals surface area (Å²) in [6.07, 6.45) is 0.318. The molecule has 1 radical (unpaired) electrons. The standard InChI is InChI=1S/C12H17BNO.2H2O/c1-10(12-9-14-7-8-15-12)13-11-5-3-2-4-6-11;;/h2-6,10,12,14H,7-9H2,1H3;2*1H2. The Hall–Kier alpha value is -0.875. The van der Waals surface area contributed by atoms with E-state index in [1.54, 1.807) is 0 Å². The van der Waals surface area contributed by atoms with Gasteiger partial charge >= 0.3 is 0 Å². The fourth-order valence-corrected chi connectivity index (χ4v) is 1.90. The fourth-order valence-electron chi connectivity index (χ4n) is 1.90. The Morgan fingerprint density at radius 3 is 2.59 bits per heavy atom. The van der Waals surface area contributed by atoms with E-state index in [4.69, 9.17) is 4.74 Å². The molecule has 5 N–H and O–H groups in total. The van der Waals surface area contributed by atoms with Crippen molar-refractivity contribution in [1.82, 2.24) is 5.32 Å². The average molecular weight is 238 g/mol. The summed E-state index contributed by atoms with van der Waals surface area (Å²) in [5, 5.41) is 3.36. The Labute approximate surface area is 103 Å². The maximum Gasteiger partial charge on any atom is 0.157 e. The summed E-state index contributed by atoms with van der Waals surface area (Å²) in [6.45, 7) is 4.99. The summed E-state index contributed by atoms with van der Waals surface area (Å²) < 4.78 is 5.72. The van der Waals surface area contributed by atoms with E-state index in [-0.39, 0.29) is 11.0 Å². The predicted octanol–water partition coefficient (Wildman–Crippen LogP) is -0.836. The molecule has 1 aliphatic rings. The third-order valence-corrected chi connectivity index (χ3v) is 2.80. The van der Waals surface area contributed by atoms with Crippen molar-refractivity contribution in [2.75, 3.05) is 19.7 Å². The van der Waals surface area contributed by atoms with Crippen molar-refractivity contribution in [3.05, 3.63) is 30.3 Å².